The molecular formula is C19H17ClN3O2S+. The smallest absolute Gasteiger partial charge is 0.260 e. The third kappa shape index (κ3) is 3.31. The predicted octanol–water partition coefficient (Wildman–Crippen LogP) is 3.72. The van der Waals surface area contributed by atoms with Gasteiger partial charge in [-0.25, -0.2) is 4.98 Å². The number of fused-ring (bicyclic) bond motifs is 1. The number of aromatic nitrogens is 2. The largest absolute Gasteiger partial charge is 0.463 e. The third-order valence-corrected chi connectivity index (χ3v) is 5.43. The van der Waals surface area contributed by atoms with Crippen molar-refractivity contribution in [3.63, 3.8) is 0 Å². The molecule has 0 aliphatic heterocycles. The maximum absolute atomic E-state index is 12.6. The summed E-state index contributed by atoms with van der Waals surface area (Å²) in [4.78, 5) is 20.9. The lowest BCUT2D eigenvalue weighted by Crippen LogP contribution is -2.83. The number of hydrogen-bond donors (Lipinski definition) is 2. The number of quaternary nitrogens is 1. The Labute approximate surface area is 158 Å². The molecule has 1 aromatic carbocycles. The fourth-order valence-electron chi connectivity index (χ4n) is 2.89. The number of thiophene rings is 1. The Kier molecular flexibility index (Phi) is 4.63. The second-order valence-electron chi connectivity index (χ2n) is 6.09. The predicted molar refractivity (Wildman–Crippen MR) is 103 cm³/mol. The Bertz CT molecular complexity index is 1080. The zero-order valence-corrected chi connectivity index (χ0v) is 15.6. The van der Waals surface area contributed by atoms with Crippen LogP contribution in [0.3, 0.4) is 0 Å². The van der Waals surface area contributed by atoms with E-state index in [0.29, 0.717) is 22.8 Å². The van der Waals surface area contributed by atoms with E-state index in [1.165, 1.54) is 11.3 Å². The summed E-state index contributed by atoms with van der Waals surface area (Å²) in [6, 6.07) is 11.4. The van der Waals surface area contributed by atoms with Crippen LogP contribution in [0.25, 0.3) is 21.3 Å². The van der Waals surface area contributed by atoms with Crippen molar-refractivity contribution in [1.29, 1.82) is 0 Å². The summed E-state index contributed by atoms with van der Waals surface area (Å²) < 4.78 is 5.41. The Morgan fingerprint density at radius 2 is 2.12 bits per heavy atom. The minimum Gasteiger partial charge on any atom is -0.463 e. The first-order valence-electron chi connectivity index (χ1n) is 8.25. The van der Waals surface area contributed by atoms with Gasteiger partial charge in [0.2, 0.25) is 0 Å². The molecule has 3 heterocycles. The molecule has 4 rings (SSSR count). The van der Waals surface area contributed by atoms with Crippen molar-refractivity contribution in [3.8, 4) is 11.1 Å². The topological polar surface area (TPSA) is 75.5 Å². The molecule has 0 aliphatic carbocycles. The number of aromatic amines is 1. The second-order valence-corrected chi connectivity index (χ2v) is 7.39. The number of rotatable bonds is 5. The molecule has 3 N–H and O–H groups in total. The normalized spacial score (nSPS) is 12.5. The molecule has 0 fully saturated rings. The average Bonchev–Trinajstić information content (AvgIpc) is 3.30. The van der Waals surface area contributed by atoms with E-state index in [9.17, 15) is 4.79 Å². The van der Waals surface area contributed by atoms with E-state index in [0.717, 1.165) is 21.7 Å². The first-order valence-corrected chi connectivity index (χ1v) is 9.50. The molecule has 3 aromatic heterocycles. The zero-order valence-electron chi connectivity index (χ0n) is 14.0. The molecular weight excluding hydrogens is 370 g/mol. The van der Waals surface area contributed by atoms with Crippen LogP contribution < -0.4 is 10.9 Å². The molecule has 5 nitrogen and oxygen atoms in total. The van der Waals surface area contributed by atoms with Crippen LogP contribution in [-0.4, -0.2) is 9.97 Å². The lowest BCUT2D eigenvalue weighted by molar-refractivity contribution is -0.710. The van der Waals surface area contributed by atoms with Crippen LogP contribution in [0.5, 0.6) is 0 Å². The Morgan fingerprint density at radius 3 is 2.85 bits per heavy atom. The van der Waals surface area contributed by atoms with Gasteiger partial charge < -0.3 is 14.7 Å². The Morgan fingerprint density at radius 1 is 1.31 bits per heavy atom. The van der Waals surface area contributed by atoms with Crippen molar-refractivity contribution in [1.82, 2.24) is 9.97 Å². The quantitative estimate of drug-likeness (QED) is 0.548. The number of nitrogens with one attached hydrogen (secondary N) is 1. The number of H-pyrrole nitrogens is 1. The number of halogens is 1. The van der Waals surface area contributed by atoms with Gasteiger partial charge >= 0.3 is 0 Å². The van der Waals surface area contributed by atoms with E-state index in [1.54, 1.807) is 6.26 Å². The highest BCUT2D eigenvalue weighted by Gasteiger charge is 2.15. The Hall–Kier alpha value is -2.41. The summed E-state index contributed by atoms with van der Waals surface area (Å²) >= 11 is 7.43. The molecule has 132 valence electrons. The summed E-state index contributed by atoms with van der Waals surface area (Å²) in [5, 5.41) is 5.34. The molecule has 0 unspecified atom stereocenters. The van der Waals surface area contributed by atoms with Crippen molar-refractivity contribution < 1.29 is 9.73 Å². The van der Waals surface area contributed by atoms with Crippen LogP contribution in [0.15, 0.2) is 57.3 Å². The first kappa shape index (κ1) is 17.0. The van der Waals surface area contributed by atoms with Gasteiger partial charge in [-0.1, -0.05) is 23.7 Å². The summed E-state index contributed by atoms with van der Waals surface area (Å²) in [5.41, 5.74) is 1.73. The van der Waals surface area contributed by atoms with Crippen LogP contribution >= 0.6 is 22.9 Å². The van der Waals surface area contributed by atoms with Gasteiger partial charge in [0.1, 0.15) is 17.4 Å². The minimum atomic E-state index is -0.116. The van der Waals surface area contributed by atoms with Gasteiger partial charge in [-0.05, 0) is 36.8 Å². The highest BCUT2D eigenvalue weighted by Crippen LogP contribution is 2.31. The molecule has 1 atom stereocenters. The van der Waals surface area contributed by atoms with Crippen molar-refractivity contribution in [2.45, 2.75) is 19.5 Å². The number of furan rings is 1. The molecule has 7 heteroatoms. The lowest BCUT2D eigenvalue weighted by Gasteiger charge is -2.07. The van der Waals surface area contributed by atoms with Crippen molar-refractivity contribution in [2.75, 3.05) is 0 Å². The molecule has 0 aliphatic rings. The van der Waals surface area contributed by atoms with Gasteiger partial charge in [0.15, 0.2) is 11.6 Å². The highest BCUT2D eigenvalue weighted by molar-refractivity contribution is 7.17. The standard InChI is InChI=1S/C19H16ClN3O2S/c1-11(15-3-2-8-25-15)21-9-16-22-18(24)17-14(10-26-19(17)23-16)12-4-6-13(20)7-5-12/h2-8,10-11,21H,9H2,1H3,(H,22,23,24)/p+1/t11-/m0/s1. The van der Waals surface area contributed by atoms with E-state index in [2.05, 4.69) is 22.2 Å². The minimum absolute atomic E-state index is 0.116. The number of hydrogen-bond acceptors (Lipinski definition) is 4. The van der Waals surface area contributed by atoms with E-state index in [-0.39, 0.29) is 11.6 Å². The molecule has 0 saturated heterocycles. The summed E-state index contributed by atoms with van der Waals surface area (Å²) in [6.45, 7) is 2.63. The molecule has 0 spiro atoms. The van der Waals surface area contributed by atoms with Gasteiger partial charge in [-0.15, -0.1) is 11.3 Å². The van der Waals surface area contributed by atoms with E-state index >= 15 is 0 Å². The molecule has 4 aromatic rings. The maximum atomic E-state index is 12.6. The average molecular weight is 387 g/mol. The first-order chi connectivity index (χ1) is 12.6. The zero-order chi connectivity index (χ0) is 18.1. The number of benzene rings is 1. The van der Waals surface area contributed by atoms with Gasteiger partial charge in [0.05, 0.1) is 11.6 Å². The van der Waals surface area contributed by atoms with Crippen LogP contribution in [0.1, 0.15) is 24.6 Å². The molecule has 26 heavy (non-hydrogen) atoms. The molecule has 0 amide bonds. The lowest BCUT2D eigenvalue weighted by atomic mass is 10.1. The maximum Gasteiger partial charge on any atom is 0.260 e. The highest BCUT2D eigenvalue weighted by atomic mass is 35.5. The summed E-state index contributed by atoms with van der Waals surface area (Å²) in [6.07, 6.45) is 1.66. The second kappa shape index (κ2) is 7.07. The van der Waals surface area contributed by atoms with Gasteiger partial charge in [0.25, 0.3) is 5.56 Å². The molecule has 0 radical (unpaired) electrons. The fourth-order valence-corrected chi connectivity index (χ4v) is 3.98. The van der Waals surface area contributed by atoms with E-state index < -0.39 is 0 Å². The summed E-state index contributed by atoms with van der Waals surface area (Å²) in [5.74, 6) is 1.56. The van der Waals surface area contributed by atoms with Crippen LogP contribution in [0.4, 0.5) is 0 Å². The van der Waals surface area contributed by atoms with Gasteiger partial charge in [-0.2, -0.15) is 0 Å². The van der Waals surface area contributed by atoms with E-state index in [1.807, 2.05) is 41.8 Å². The Balaban J connectivity index is 1.61. The molecule has 0 bridgehead atoms. The van der Waals surface area contributed by atoms with Crippen molar-refractivity contribution >= 4 is 33.2 Å². The van der Waals surface area contributed by atoms with Gasteiger partial charge in [0, 0.05) is 16.0 Å². The third-order valence-electron chi connectivity index (χ3n) is 4.30. The van der Waals surface area contributed by atoms with Gasteiger partial charge in [-0.3, -0.25) is 4.79 Å². The van der Waals surface area contributed by atoms with Crippen LogP contribution in [0, 0.1) is 0 Å². The number of nitrogens with two attached hydrogens (primary N) is 1. The monoisotopic (exact) mass is 386 g/mol. The SMILES string of the molecule is C[C@H]([NH2+]Cc1nc2scc(-c3ccc(Cl)cc3)c2c(=O)[nH]1)c1ccco1. The molecule has 0 saturated carbocycles. The van der Waals surface area contributed by atoms with E-state index in [4.69, 9.17) is 16.0 Å². The number of nitrogens with zero attached hydrogens (tertiary/aromatic N) is 1. The summed E-state index contributed by atoms with van der Waals surface area (Å²) in [7, 11) is 0. The fraction of sp³-hybridized carbons (Fsp3) is 0.158. The van der Waals surface area contributed by atoms with Crippen LogP contribution in [0.2, 0.25) is 5.02 Å². The van der Waals surface area contributed by atoms with Crippen molar-refractivity contribution in [2.24, 2.45) is 0 Å². The van der Waals surface area contributed by atoms with Crippen LogP contribution in [-0.2, 0) is 6.54 Å². The van der Waals surface area contributed by atoms with Crippen molar-refractivity contribution in [3.05, 3.63) is 75.0 Å².